The highest BCUT2D eigenvalue weighted by molar-refractivity contribution is 5.71. The van der Waals surface area contributed by atoms with Gasteiger partial charge in [-0.3, -0.25) is 0 Å². The van der Waals surface area contributed by atoms with Gasteiger partial charge in [0.05, 0.1) is 0 Å². The van der Waals surface area contributed by atoms with E-state index in [-0.39, 0.29) is 18.0 Å². The Kier molecular flexibility index (Phi) is 8.46. The highest BCUT2D eigenvalue weighted by Crippen LogP contribution is 2.46. The standard InChI is InChI=1S/C31H50O3/c1-29(2,3)20-27(30(4,5)6)24-15-14-23-19-26(17-16-22(23)18-24)33-21-28(32)34-31(7,8)25-12-10-9-11-13-25/h16-19,23-25,27H,9-15,20-21H2,1-8H3. The first-order valence-electron chi connectivity index (χ1n) is 13.7. The van der Waals surface area contributed by atoms with Gasteiger partial charge in [0.2, 0.25) is 0 Å². The maximum atomic E-state index is 12.5. The van der Waals surface area contributed by atoms with Crippen molar-refractivity contribution in [2.75, 3.05) is 6.61 Å². The molecule has 3 rings (SSSR count). The lowest BCUT2D eigenvalue weighted by atomic mass is 9.63. The van der Waals surface area contributed by atoms with Crippen LogP contribution in [-0.2, 0) is 14.3 Å². The summed E-state index contributed by atoms with van der Waals surface area (Å²) in [7, 11) is 0. The molecule has 192 valence electrons. The molecular weight excluding hydrogens is 420 g/mol. The summed E-state index contributed by atoms with van der Waals surface area (Å²) in [5, 5.41) is 0. The molecule has 0 radical (unpaired) electrons. The Labute approximate surface area is 209 Å². The SMILES string of the molecule is CC(C)(C)CC(C1C=C2C=CC(OCC(=O)OC(C)(C)C3CCCCC3)=CC2CC1)C(C)(C)C. The predicted molar refractivity (Wildman–Crippen MR) is 141 cm³/mol. The van der Waals surface area contributed by atoms with Gasteiger partial charge in [-0.25, -0.2) is 4.79 Å². The molecule has 0 aromatic rings. The van der Waals surface area contributed by atoms with Crippen LogP contribution in [0.1, 0.15) is 107 Å². The largest absolute Gasteiger partial charge is 0.482 e. The average molecular weight is 471 g/mol. The Bertz CT molecular complexity index is 794. The lowest BCUT2D eigenvalue weighted by molar-refractivity contribution is -0.166. The van der Waals surface area contributed by atoms with Gasteiger partial charge in [0.15, 0.2) is 6.61 Å². The van der Waals surface area contributed by atoms with Crippen LogP contribution < -0.4 is 0 Å². The van der Waals surface area contributed by atoms with Crippen molar-refractivity contribution in [2.45, 2.75) is 112 Å². The molecule has 3 unspecified atom stereocenters. The first-order valence-corrected chi connectivity index (χ1v) is 13.7. The number of esters is 1. The van der Waals surface area contributed by atoms with Gasteiger partial charge in [0, 0.05) is 5.92 Å². The van der Waals surface area contributed by atoms with Crippen LogP contribution in [0, 0.1) is 34.5 Å². The monoisotopic (exact) mass is 470 g/mol. The summed E-state index contributed by atoms with van der Waals surface area (Å²) >= 11 is 0. The van der Waals surface area contributed by atoms with Gasteiger partial charge in [0.1, 0.15) is 11.4 Å². The molecule has 0 N–H and O–H groups in total. The lowest BCUT2D eigenvalue weighted by Crippen LogP contribution is -2.38. The Balaban J connectivity index is 1.57. The maximum absolute atomic E-state index is 12.5. The van der Waals surface area contributed by atoms with Crippen LogP contribution in [0.5, 0.6) is 0 Å². The third-order valence-corrected chi connectivity index (χ3v) is 8.23. The molecule has 0 aromatic heterocycles. The van der Waals surface area contributed by atoms with Crippen molar-refractivity contribution >= 4 is 5.97 Å². The molecule has 1 saturated carbocycles. The Morgan fingerprint density at radius 2 is 1.59 bits per heavy atom. The molecule has 0 aliphatic heterocycles. The van der Waals surface area contributed by atoms with Crippen LogP contribution in [0.2, 0.25) is 0 Å². The zero-order valence-electron chi connectivity index (χ0n) is 23.2. The van der Waals surface area contributed by atoms with Crippen molar-refractivity contribution in [2.24, 2.45) is 34.5 Å². The summed E-state index contributed by atoms with van der Waals surface area (Å²) in [5.41, 5.74) is 1.61. The van der Waals surface area contributed by atoms with Gasteiger partial charge in [-0.2, -0.15) is 0 Å². The van der Waals surface area contributed by atoms with Gasteiger partial charge >= 0.3 is 5.97 Å². The topological polar surface area (TPSA) is 35.5 Å². The quantitative estimate of drug-likeness (QED) is 0.350. The van der Waals surface area contributed by atoms with E-state index in [1.807, 2.05) is 6.08 Å². The van der Waals surface area contributed by atoms with Crippen LogP contribution in [0.15, 0.2) is 35.6 Å². The fourth-order valence-electron chi connectivity index (χ4n) is 6.30. The van der Waals surface area contributed by atoms with E-state index in [0.29, 0.717) is 29.1 Å². The van der Waals surface area contributed by atoms with Crippen molar-refractivity contribution in [3.63, 3.8) is 0 Å². The molecule has 1 fully saturated rings. The maximum Gasteiger partial charge on any atom is 0.344 e. The second kappa shape index (κ2) is 10.6. The van der Waals surface area contributed by atoms with Crippen LogP contribution in [0.3, 0.4) is 0 Å². The molecule has 3 heteroatoms. The normalized spacial score (nSPS) is 25.2. The third-order valence-electron chi connectivity index (χ3n) is 8.23. The number of hydrogen-bond acceptors (Lipinski definition) is 3. The van der Waals surface area contributed by atoms with E-state index in [4.69, 9.17) is 9.47 Å². The molecule has 0 heterocycles. The van der Waals surface area contributed by atoms with E-state index in [9.17, 15) is 4.79 Å². The van der Waals surface area contributed by atoms with Crippen molar-refractivity contribution < 1.29 is 14.3 Å². The highest BCUT2D eigenvalue weighted by atomic mass is 16.6. The fraction of sp³-hybridized carbons (Fsp3) is 0.774. The van der Waals surface area contributed by atoms with E-state index in [2.05, 4.69) is 73.6 Å². The summed E-state index contributed by atoms with van der Waals surface area (Å²) in [4.78, 5) is 12.5. The zero-order valence-corrected chi connectivity index (χ0v) is 23.2. The van der Waals surface area contributed by atoms with Crippen molar-refractivity contribution in [1.82, 2.24) is 0 Å². The molecule has 3 nitrogen and oxygen atoms in total. The van der Waals surface area contributed by atoms with E-state index < -0.39 is 5.60 Å². The third kappa shape index (κ3) is 7.49. The van der Waals surface area contributed by atoms with Gasteiger partial charge < -0.3 is 9.47 Å². The average Bonchev–Trinajstić information content (AvgIpc) is 2.74. The van der Waals surface area contributed by atoms with Crippen LogP contribution >= 0.6 is 0 Å². The van der Waals surface area contributed by atoms with Gasteiger partial charge in [-0.15, -0.1) is 0 Å². The molecule has 3 atom stereocenters. The Morgan fingerprint density at radius 3 is 2.21 bits per heavy atom. The molecule has 0 saturated heterocycles. The number of allylic oxidation sites excluding steroid dienone is 5. The van der Waals surface area contributed by atoms with Crippen molar-refractivity contribution in [3.8, 4) is 0 Å². The first-order chi connectivity index (χ1) is 15.7. The van der Waals surface area contributed by atoms with Gasteiger partial charge in [0.25, 0.3) is 0 Å². The zero-order chi connectivity index (χ0) is 25.1. The summed E-state index contributed by atoms with van der Waals surface area (Å²) in [6, 6.07) is 0. The molecule has 3 aliphatic rings. The molecule has 3 aliphatic carbocycles. The number of hydrogen-bond donors (Lipinski definition) is 0. The van der Waals surface area contributed by atoms with Crippen LogP contribution in [0.4, 0.5) is 0 Å². The Hall–Kier alpha value is -1.51. The second-order valence-corrected chi connectivity index (χ2v) is 13.9. The number of fused-ring (bicyclic) bond motifs is 1. The molecule has 0 amide bonds. The minimum atomic E-state index is -0.414. The summed E-state index contributed by atoms with van der Waals surface area (Å²) < 4.78 is 11.8. The van der Waals surface area contributed by atoms with E-state index >= 15 is 0 Å². The first kappa shape index (κ1) is 27.1. The number of carbonyl (C=O) groups excluding carboxylic acids is 1. The minimum Gasteiger partial charge on any atom is -0.482 e. The number of ether oxygens (including phenoxy) is 2. The van der Waals surface area contributed by atoms with Crippen molar-refractivity contribution in [3.05, 3.63) is 35.6 Å². The molecule has 34 heavy (non-hydrogen) atoms. The van der Waals surface area contributed by atoms with Gasteiger partial charge in [-0.1, -0.05) is 73.0 Å². The van der Waals surface area contributed by atoms with Crippen molar-refractivity contribution in [1.29, 1.82) is 0 Å². The summed E-state index contributed by atoms with van der Waals surface area (Å²) in [5.74, 6) is 2.67. The van der Waals surface area contributed by atoms with E-state index in [0.717, 1.165) is 25.0 Å². The minimum absolute atomic E-state index is 0.0155. The number of rotatable bonds is 7. The molecule has 0 aromatic carbocycles. The highest BCUT2D eigenvalue weighted by Gasteiger charge is 2.37. The Morgan fingerprint density at radius 1 is 0.912 bits per heavy atom. The summed E-state index contributed by atoms with van der Waals surface area (Å²) in [6.45, 7) is 18.4. The smallest absolute Gasteiger partial charge is 0.344 e. The molecular formula is C31H50O3. The van der Waals surface area contributed by atoms with Crippen LogP contribution in [-0.4, -0.2) is 18.2 Å². The second-order valence-electron chi connectivity index (χ2n) is 13.9. The lowest BCUT2D eigenvalue weighted by Gasteiger charge is -2.42. The van der Waals surface area contributed by atoms with E-state index in [1.54, 1.807) is 0 Å². The predicted octanol–water partition coefficient (Wildman–Crippen LogP) is 8.41. The van der Waals surface area contributed by atoms with E-state index in [1.165, 1.54) is 37.7 Å². The van der Waals surface area contributed by atoms with Gasteiger partial charge in [-0.05, 0) is 92.3 Å². The number of carbonyl (C=O) groups is 1. The molecule has 0 bridgehead atoms. The van der Waals surface area contributed by atoms with Crippen LogP contribution in [0.25, 0.3) is 0 Å². The summed E-state index contributed by atoms with van der Waals surface area (Å²) in [6.07, 6.45) is 18.6. The molecule has 0 spiro atoms. The fourth-order valence-corrected chi connectivity index (χ4v) is 6.30.